The summed E-state index contributed by atoms with van der Waals surface area (Å²) in [5.41, 5.74) is 13.0. The van der Waals surface area contributed by atoms with Gasteiger partial charge in [-0.2, -0.15) is 0 Å². The van der Waals surface area contributed by atoms with Crippen LogP contribution in [0.1, 0.15) is 38.5 Å². The van der Waals surface area contributed by atoms with E-state index < -0.39 is 5.97 Å². The summed E-state index contributed by atoms with van der Waals surface area (Å²) in [6.07, 6.45) is 6.93. The van der Waals surface area contributed by atoms with Crippen LogP contribution in [0, 0.1) is 0 Å². The number of aliphatic carboxylic acids is 1. The van der Waals surface area contributed by atoms with Crippen molar-refractivity contribution in [2.45, 2.75) is 38.5 Å². The van der Waals surface area contributed by atoms with Crippen LogP contribution in [0.25, 0.3) is 0 Å². The van der Waals surface area contributed by atoms with Gasteiger partial charge >= 0.3 is 5.97 Å². The third-order valence-electron chi connectivity index (χ3n) is 1.88. The van der Waals surface area contributed by atoms with E-state index in [0.29, 0.717) is 0 Å². The molecule has 0 aliphatic rings. The molecule has 0 saturated heterocycles. The van der Waals surface area contributed by atoms with Gasteiger partial charge < -0.3 is 5.11 Å². The van der Waals surface area contributed by atoms with Crippen molar-refractivity contribution in [3.05, 3.63) is 41.3 Å². The third kappa shape index (κ3) is 12.1. The molecule has 0 aliphatic carbocycles. The predicted molar refractivity (Wildman–Crippen MR) is 63.1 cm³/mol. The van der Waals surface area contributed by atoms with Crippen LogP contribution in [0.3, 0.4) is 0 Å². The van der Waals surface area contributed by atoms with Crippen LogP contribution in [0.2, 0.25) is 0 Å². The first kappa shape index (κ1) is 14.1. The molecule has 1 N–H and O–H groups in total. The quantitative estimate of drug-likeness (QED) is 0.523. The lowest BCUT2D eigenvalue weighted by Crippen LogP contribution is -1.93. The van der Waals surface area contributed by atoms with Gasteiger partial charge in [-0.3, -0.25) is 4.79 Å². The Labute approximate surface area is 96.3 Å². The average molecular weight is 216 g/mol. The highest BCUT2D eigenvalue weighted by atomic mass is 16.4. The second-order valence-electron chi connectivity index (χ2n) is 3.25. The summed E-state index contributed by atoms with van der Waals surface area (Å²) in [4.78, 5) is 10.2. The lowest BCUT2D eigenvalue weighted by atomic mass is 10.1. The Hall–Kier alpha value is -1.89. The summed E-state index contributed by atoms with van der Waals surface area (Å²) in [7, 11) is 0. The summed E-state index contributed by atoms with van der Waals surface area (Å²) in [6, 6.07) is 0. The molecule has 0 heterocycles. The van der Waals surface area contributed by atoms with Gasteiger partial charge in [0.15, 0.2) is 0 Å². The molecule has 0 aliphatic heterocycles. The molecule has 0 unspecified atom stereocenters. The number of carboxylic acids is 1. The van der Waals surface area contributed by atoms with Gasteiger partial charge in [0, 0.05) is 6.42 Å². The molecular formula is C14H16O2. The van der Waals surface area contributed by atoms with Crippen LogP contribution in [0.5, 0.6) is 0 Å². The van der Waals surface area contributed by atoms with Gasteiger partial charge in [0.25, 0.3) is 0 Å². The number of allylic oxidation sites excluding steroid dienone is 1. The van der Waals surface area contributed by atoms with Gasteiger partial charge in [0.05, 0.1) is 0 Å². The maximum Gasteiger partial charge on any atom is 0.303 e. The normalized spacial score (nSPS) is 7.75. The van der Waals surface area contributed by atoms with Crippen molar-refractivity contribution in [1.29, 1.82) is 0 Å². The molecular weight excluding hydrogens is 200 g/mol. The van der Waals surface area contributed by atoms with E-state index in [1.54, 1.807) is 0 Å². The lowest BCUT2D eigenvalue weighted by molar-refractivity contribution is -0.137. The van der Waals surface area contributed by atoms with Crippen LogP contribution in [-0.4, -0.2) is 11.1 Å². The Kier molecular flexibility index (Phi) is 9.86. The van der Waals surface area contributed by atoms with Crippen molar-refractivity contribution in [3.8, 4) is 0 Å². The van der Waals surface area contributed by atoms with Crippen LogP contribution in [0.4, 0.5) is 0 Å². The fourth-order valence-corrected chi connectivity index (χ4v) is 1.11. The fraction of sp³-hybridized carbons (Fsp3) is 0.429. The molecule has 2 nitrogen and oxygen atoms in total. The zero-order valence-corrected chi connectivity index (χ0v) is 9.38. The SMILES string of the molecule is C=C=C=C=C=C=CCCCCCCC(=O)O. The van der Waals surface area contributed by atoms with E-state index in [-0.39, 0.29) is 6.42 Å². The number of hydrogen-bond donors (Lipinski definition) is 1. The molecule has 0 radical (unpaired) electrons. The van der Waals surface area contributed by atoms with E-state index in [9.17, 15) is 4.79 Å². The summed E-state index contributed by atoms with van der Waals surface area (Å²) in [5, 5.41) is 8.41. The molecule has 0 saturated carbocycles. The highest BCUT2D eigenvalue weighted by molar-refractivity contribution is 5.66. The number of rotatable bonds is 7. The minimum atomic E-state index is -0.713. The second kappa shape index (κ2) is 11.2. The Balaban J connectivity index is 3.54. The van der Waals surface area contributed by atoms with Crippen LogP contribution in [0.15, 0.2) is 41.3 Å². The number of carbonyl (C=O) groups is 1. The molecule has 0 rings (SSSR count). The monoisotopic (exact) mass is 216 g/mol. The zero-order chi connectivity index (χ0) is 12.1. The Bertz CT molecular complexity index is 388. The van der Waals surface area contributed by atoms with E-state index in [4.69, 9.17) is 5.11 Å². The van der Waals surface area contributed by atoms with Gasteiger partial charge in [-0.15, -0.1) is 0 Å². The molecule has 0 spiro atoms. The first-order valence-electron chi connectivity index (χ1n) is 5.33. The molecule has 16 heavy (non-hydrogen) atoms. The number of unbranched alkanes of at least 4 members (excludes halogenated alkanes) is 4. The van der Waals surface area contributed by atoms with Gasteiger partial charge in [-0.05, 0) is 49.1 Å². The maximum atomic E-state index is 10.2. The molecule has 0 bridgehead atoms. The topological polar surface area (TPSA) is 37.3 Å². The van der Waals surface area contributed by atoms with Crippen molar-refractivity contribution in [2.75, 3.05) is 0 Å². The third-order valence-corrected chi connectivity index (χ3v) is 1.88. The molecule has 0 aromatic rings. The highest BCUT2D eigenvalue weighted by Gasteiger charge is 1.95. The smallest absolute Gasteiger partial charge is 0.303 e. The van der Waals surface area contributed by atoms with Crippen LogP contribution >= 0.6 is 0 Å². The Morgan fingerprint density at radius 3 is 2.56 bits per heavy atom. The summed E-state index contributed by atoms with van der Waals surface area (Å²) < 4.78 is 0. The van der Waals surface area contributed by atoms with Gasteiger partial charge in [0.1, 0.15) is 0 Å². The Morgan fingerprint density at radius 2 is 1.88 bits per heavy atom. The molecule has 0 atom stereocenters. The number of carboxylic acid groups (broad SMARTS) is 1. The molecule has 0 amide bonds. The largest absolute Gasteiger partial charge is 0.481 e. The van der Waals surface area contributed by atoms with E-state index in [2.05, 4.69) is 35.2 Å². The number of hydrogen-bond acceptors (Lipinski definition) is 1. The first-order chi connectivity index (χ1) is 7.77. The van der Waals surface area contributed by atoms with Gasteiger partial charge in [-0.25, -0.2) is 0 Å². The van der Waals surface area contributed by atoms with Crippen molar-refractivity contribution >= 4 is 5.97 Å². The maximum absolute atomic E-state index is 10.2. The fourth-order valence-electron chi connectivity index (χ4n) is 1.11. The summed E-state index contributed by atoms with van der Waals surface area (Å²) >= 11 is 0. The average Bonchev–Trinajstić information content (AvgIpc) is 2.25. The summed E-state index contributed by atoms with van der Waals surface area (Å²) in [5.74, 6) is -0.713. The zero-order valence-electron chi connectivity index (χ0n) is 9.38. The minimum Gasteiger partial charge on any atom is -0.481 e. The Morgan fingerprint density at radius 1 is 1.12 bits per heavy atom. The lowest BCUT2D eigenvalue weighted by Gasteiger charge is -1.95. The second-order valence-corrected chi connectivity index (χ2v) is 3.25. The van der Waals surface area contributed by atoms with Crippen LogP contribution < -0.4 is 0 Å². The van der Waals surface area contributed by atoms with E-state index >= 15 is 0 Å². The van der Waals surface area contributed by atoms with E-state index in [1.807, 2.05) is 6.08 Å². The van der Waals surface area contributed by atoms with Gasteiger partial charge in [0.2, 0.25) is 0 Å². The van der Waals surface area contributed by atoms with E-state index in [1.165, 1.54) is 0 Å². The van der Waals surface area contributed by atoms with Crippen molar-refractivity contribution in [2.24, 2.45) is 0 Å². The van der Waals surface area contributed by atoms with Crippen LogP contribution in [-0.2, 0) is 4.79 Å². The molecule has 0 aromatic heterocycles. The van der Waals surface area contributed by atoms with Crippen molar-refractivity contribution in [1.82, 2.24) is 0 Å². The van der Waals surface area contributed by atoms with Crippen molar-refractivity contribution < 1.29 is 9.90 Å². The molecule has 84 valence electrons. The van der Waals surface area contributed by atoms with E-state index in [0.717, 1.165) is 32.1 Å². The molecule has 0 aromatic carbocycles. The van der Waals surface area contributed by atoms with Crippen molar-refractivity contribution in [3.63, 3.8) is 0 Å². The minimum absolute atomic E-state index is 0.275. The molecule has 0 fully saturated rings. The standard InChI is InChI=1S/C14H16O2/c1-2-3-4-5-6-7-8-9-10-11-12-13-14(15)16/h7H,1,8-13H2,(H,15,16). The highest BCUT2D eigenvalue weighted by Crippen LogP contribution is 2.05. The van der Waals surface area contributed by atoms with Gasteiger partial charge in [-0.1, -0.05) is 24.3 Å². The summed E-state index contributed by atoms with van der Waals surface area (Å²) in [6.45, 7) is 3.33. The molecule has 2 heteroatoms. The first-order valence-corrected chi connectivity index (χ1v) is 5.33. The predicted octanol–water partition coefficient (Wildman–Crippen LogP) is 3.37.